The zero-order valence-electron chi connectivity index (χ0n) is 8.16. The summed E-state index contributed by atoms with van der Waals surface area (Å²) < 4.78 is 36.8. The van der Waals surface area contributed by atoms with Crippen molar-refractivity contribution in [1.29, 1.82) is 0 Å². The van der Waals surface area contributed by atoms with Gasteiger partial charge >= 0.3 is 6.18 Å². The highest BCUT2D eigenvalue weighted by atomic mass is 19.4. The third-order valence-corrected chi connectivity index (χ3v) is 2.47. The van der Waals surface area contributed by atoms with Crippen molar-refractivity contribution in [2.24, 2.45) is 5.73 Å². The Labute approximate surface area is 89.6 Å². The number of halogens is 3. The Morgan fingerprint density at radius 1 is 1.31 bits per heavy atom. The zero-order chi connectivity index (χ0) is 11.9. The predicted molar refractivity (Wildman–Crippen MR) is 51.8 cm³/mol. The number of amides is 1. The van der Waals surface area contributed by atoms with Crippen LogP contribution in [0.15, 0.2) is 24.3 Å². The van der Waals surface area contributed by atoms with E-state index in [4.69, 9.17) is 5.73 Å². The molecule has 6 heteroatoms. The Bertz CT molecular complexity index is 413. The summed E-state index contributed by atoms with van der Waals surface area (Å²) in [7, 11) is 0. The van der Waals surface area contributed by atoms with Crippen LogP contribution in [-0.2, 0) is 11.0 Å². The van der Waals surface area contributed by atoms with Crippen LogP contribution in [0.25, 0.3) is 0 Å². The second kappa shape index (κ2) is 3.40. The van der Waals surface area contributed by atoms with Crippen molar-refractivity contribution in [3.05, 3.63) is 29.8 Å². The van der Waals surface area contributed by atoms with E-state index in [9.17, 15) is 18.0 Å². The maximum Gasteiger partial charge on any atom is 0.416 e. The van der Waals surface area contributed by atoms with Gasteiger partial charge in [-0.3, -0.25) is 4.79 Å². The van der Waals surface area contributed by atoms with Gasteiger partial charge in [-0.05, 0) is 24.3 Å². The number of alkyl halides is 3. The summed E-state index contributed by atoms with van der Waals surface area (Å²) in [5.41, 5.74) is 4.94. The van der Waals surface area contributed by atoms with Gasteiger partial charge in [0.05, 0.1) is 5.56 Å². The number of rotatable bonds is 2. The predicted octanol–water partition coefficient (Wildman–Crippen LogP) is 1.38. The van der Waals surface area contributed by atoms with E-state index in [0.717, 1.165) is 12.1 Å². The number of anilines is 1. The summed E-state index contributed by atoms with van der Waals surface area (Å²) in [4.78, 5) is 12.4. The van der Waals surface area contributed by atoms with Gasteiger partial charge in [-0.2, -0.15) is 13.2 Å². The summed E-state index contributed by atoms with van der Waals surface area (Å²) in [5.74, 6) is -0.458. The van der Waals surface area contributed by atoms with Gasteiger partial charge in [0, 0.05) is 12.2 Å². The molecule has 1 aliphatic rings. The molecule has 1 aromatic carbocycles. The average Bonchev–Trinajstić information content (AvgIpc) is 2.96. The molecule has 2 N–H and O–H groups in total. The van der Waals surface area contributed by atoms with Crippen LogP contribution in [0.3, 0.4) is 0 Å². The monoisotopic (exact) mass is 230 g/mol. The normalized spacial score (nSPS) is 19.7. The summed E-state index contributed by atoms with van der Waals surface area (Å²) in [6, 6.07) is 4.28. The minimum atomic E-state index is -4.33. The Morgan fingerprint density at radius 3 is 2.25 bits per heavy atom. The number of nitrogens with two attached hydrogens (primary N) is 1. The second-order valence-corrected chi connectivity index (χ2v) is 3.62. The molecule has 0 saturated carbocycles. The van der Waals surface area contributed by atoms with Gasteiger partial charge < -0.3 is 10.6 Å². The molecule has 1 heterocycles. The molecule has 0 aliphatic carbocycles. The first-order valence-electron chi connectivity index (χ1n) is 4.63. The van der Waals surface area contributed by atoms with E-state index >= 15 is 0 Å². The molecule has 86 valence electrons. The van der Waals surface area contributed by atoms with Crippen LogP contribution in [0.5, 0.6) is 0 Å². The molecule has 0 aromatic heterocycles. The molecule has 1 saturated heterocycles. The summed E-state index contributed by atoms with van der Waals surface area (Å²) in [6.45, 7) is 0.473. The average molecular weight is 230 g/mol. The molecule has 1 aliphatic heterocycles. The largest absolute Gasteiger partial charge is 0.416 e. The molecule has 1 fully saturated rings. The quantitative estimate of drug-likeness (QED) is 0.780. The van der Waals surface area contributed by atoms with Crippen molar-refractivity contribution in [1.82, 2.24) is 0 Å². The van der Waals surface area contributed by atoms with E-state index in [1.807, 2.05) is 0 Å². The van der Waals surface area contributed by atoms with Crippen molar-refractivity contribution in [3.63, 3.8) is 0 Å². The fourth-order valence-electron chi connectivity index (χ4n) is 1.51. The van der Waals surface area contributed by atoms with E-state index in [-0.39, 0.29) is 6.04 Å². The molecule has 16 heavy (non-hydrogen) atoms. The van der Waals surface area contributed by atoms with Gasteiger partial charge in [-0.25, -0.2) is 0 Å². The van der Waals surface area contributed by atoms with E-state index in [1.54, 1.807) is 4.90 Å². The minimum absolute atomic E-state index is 0.378. The first kappa shape index (κ1) is 10.8. The Kier molecular flexibility index (Phi) is 2.29. The number of primary amides is 1. The number of hydrogen-bond donors (Lipinski definition) is 1. The maximum atomic E-state index is 12.3. The van der Waals surface area contributed by atoms with E-state index < -0.39 is 17.6 Å². The third kappa shape index (κ3) is 1.95. The standard InChI is InChI=1S/C10H9F3N2O/c11-10(12,13)6-1-3-7(4-2-6)15-5-8(15)9(14)16/h1-4,8H,5H2,(H2,14,16)/t8-,15?/m1/s1. The lowest BCUT2D eigenvalue weighted by Gasteiger charge is -2.08. The van der Waals surface area contributed by atoms with Crippen LogP contribution in [0.1, 0.15) is 5.56 Å². The SMILES string of the molecule is NC(=O)[C@H]1CN1c1ccc(C(F)(F)F)cc1. The lowest BCUT2D eigenvalue weighted by molar-refractivity contribution is -0.137. The van der Waals surface area contributed by atoms with Crippen LogP contribution in [-0.4, -0.2) is 18.5 Å². The van der Waals surface area contributed by atoms with E-state index in [1.165, 1.54) is 12.1 Å². The van der Waals surface area contributed by atoms with Crippen molar-refractivity contribution >= 4 is 11.6 Å². The lowest BCUT2D eigenvalue weighted by atomic mass is 10.2. The number of benzene rings is 1. The van der Waals surface area contributed by atoms with Gasteiger partial charge in [0.15, 0.2) is 0 Å². The van der Waals surface area contributed by atoms with E-state index in [2.05, 4.69) is 0 Å². The highest BCUT2D eigenvalue weighted by Gasteiger charge is 2.39. The molecule has 1 aromatic rings. The molecule has 2 rings (SSSR count). The molecular formula is C10H9F3N2O. The molecular weight excluding hydrogens is 221 g/mol. The number of carbonyl (C=O) groups excluding carboxylic acids is 1. The minimum Gasteiger partial charge on any atom is -0.368 e. The summed E-state index contributed by atoms with van der Waals surface area (Å²) in [6.07, 6.45) is -4.33. The first-order valence-corrected chi connectivity index (χ1v) is 4.63. The number of hydrogen-bond acceptors (Lipinski definition) is 2. The molecule has 0 unspecified atom stereocenters. The number of carbonyl (C=O) groups is 1. The highest BCUT2D eigenvalue weighted by Crippen LogP contribution is 2.33. The highest BCUT2D eigenvalue weighted by molar-refractivity contribution is 5.89. The zero-order valence-corrected chi connectivity index (χ0v) is 8.16. The second-order valence-electron chi connectivity index (χ2n) is 3.62. The molecule has 0 spiro atoms. The molecule has 0 bridgehead atoms. The first-order chi connectivity index (χ1) is 7.39. The summed E-state index contributed by atoms with van der Waals surface area (Å²) in [5, 5.41) is 0. The van der Waals surface area contributed by atoms with Crippen molar-refractivity contribution < 1.29 is 18.0 Å². The third-order valence-electron chi connectivity index (χ3n) is 2.47. The van der Waals surface area contributed by atoms with Crippen LogP contribution in [0.4, 0.5) is 18.9 Å². The fourth-order valence-corrected chi connectivity index (χ4v) is 1.51. The number of nitrogens with zero attached hydrogens (tertiary/aromatic N) is 1. The van der Waals surface area contributed by atoms with Gasteiger partial charge in [0.25, 0.3) is 0 Å². The van der Waals surface area contributed by atoms with Crippen molar-refractivity contribution in [3.8, 4) is 0 Å². The van der Waals surface area contributed by atoms with Gasteiger partial charge in [0.2, 0.25) is 5.91 Å². The Hall–Kier alpha value is -1.72. The molecule has 1 amide bonds. The topological polar surface area (TPSA) is 46.1 Å². The van der Waals surface area contributed by atoms with Gasteiger partial charge in [0.1, 0.15) is 6.04 Å². The Balaban J connectivity index is 2.13. The van der Waals surface area contributed by atoms with Crippen LogP contribution >= 0.6 is 0 Å². The smallest absolute Gasteiger partial charge is 0.368 e. The van der Waals surface area contributed by atoms with Gasteiger partial charge in [-0.15, -0.1) is 0 Å². The van der Waals surface area contributed by atoms with Crippen LogP contribution in [0, 0.1) is 0 Å². The summed E-state index contributed by atoms with van der Waals surface area (Å²) >= 11 is 0. The van der Waals surface area contributed by atoms with Crippen LogP contribution < -0.4 is 10.6 Å². The van der Waals surface area contributed by atoms with Gasteiger partial charge in [-0.1, -0.05) is 0 Å². The lowest BCUT2D eigenvalue weighted by Crippen LogP contribution is -2.21. The molecule has 1 atom stereocenters. The van der Waals surface area contributed by atoms with E-state index in [0.29, 0.717) is 12.2 Å². The molecule has 0 radical (unpaired) electrons. The van der Waals surface area contributed by atoms with Crippen LogP contribution in [0.2, 0.25) is 0 Å². The maximum absolute atomic E-state index is 12.3. The molecule has 3 nitrogen and oxygen atoms in total. The Morgan fingerprint density at radius 2 is 1.88 bits per heavy atom. The van der Waals surface area contributed by atoms with Crippen molar-refractivity contribution in [2.45, 2.75) is 12.2 Å². The van der Waals surface area contributed by atoms with Crippen molar-refractivity contribution in [2.75, 3.05) is 11.4 Å². The fraction of sp³-hybridized carbons (Fsp3) is 0.300.